The molecule has 0 unspecified atom stereocenters. The van der Waals surface area contributed by atoms with Gasteiger partial charge in [-0.2, -0.15) is 0 Å². The Morgan fingerprint density at radius 1 is 1.28 bits per heavy atom. The molecule has 0 amide bonds. The highest BCUT2D eigenvalue weighted by atomic mass is 16.4. The van der Waals surface area contributed by atoms with E-state index in [1.165, 1.54) is 12.8 Å². The molecule has 0 radical (unpaired) electrons. The molecule has 4 atom stereocenters. The SMILES string of the molecule is CCCCC/C=C\C[C@H](O)/C=C/[C@@H]1C(=O)C[C@@H](O)[C@@H]1CCCC(=O)O. The van der Waals surface area contributed by atoms with Crippen LogP contribution >= 0.6 is 0 Å². The second-order valence-corrected chi connectivity index (χ2v) is 6.87. The predicted octanol–water partition coefficient (Wildman–Crippen LogP) is 3.25. The summed E-state index contributed by atoms with van der Waals surface area (Å²) in [6.07, 6.45) is 12.2. The van der Waals surface area contributed by atoms with Crippen LogP contribution < -0.4 is 0 Å². The Morgan fingerprint density at radius 2 is 2.04 bits per heavy atom. The molecule has 0 saturated heterocycles. The van der Waals surface area contributed by atoms with Crippen molar-refractivity contribution in [1.29, 1.82) is 0 Å². The highest BCUT2D eigenvalue weighted by molar-refractivity contribution is 5.86. The van der Waals surface area contributed by atoms with Crippen LogP contribution in [0.5, 0.6) is 0 Å². The van der Waals surface area contributed by atoms with Crippen LogP contribution in [0.4, 0.5) is 0 Å². The Balaban J connectivity index is 2.45. The number of aliphatic hydroxyl groups is 2. The van der Waals surface area contributed by atoms with Crippen molar-refractivity contribution in [3.63, 3.8) is 0 Å². The standard InChI is InChI=1S/C20H32O5/c1-2-3-4-5-6-7-9-15(21)12-13-17-16(10-8-11-20(24)25)18(22)14-19(17)23/h6-7,12-13,15-18,21-22H,2-5,8-11,14H2,1H3,(H,24,25)/b7-6-,13-12+/t15-,16+,17-,18+/m0/s1. The van der Waals surface area contributed by atoms with Gasteiger partial charge in [-0.05, 0) is 38.0 Å². The summed E-state index contributed by atoms with van der Waals surface area (Å²) in [5, 5.41) is 28.8. The third-order valence-corrected chi connectivity index (χ3v) is 4.72. The van der Waals surface area contributed by atoms with E-state index < -0.39 is 24.1 Å². The number of carboxylic acid groups (broad SMARTS) is 1. The van der Waals surface area contributed by atoms with Crippen molar-refractivity contribution >= 4 is 11.8 Å². The summed E-state index contributed by atoms with van der Waals surface area (Å²) in [6.45, 7) is 2.16. The second-order valence-electron chi connectivity index (χ2n) is 6.87. The summed E-state index contributed by atoms with van der Waals surface area (Å²) >= 11 is 0. The lowest BCUT2D eigenvalue weighted by atomic mass is 9.88. The number of rotatable bonds is 12. The van der Waals surface area contributed by atoms with Crippen molar-refractivity contribution in [2.75, 3.05) is 0 Å². The maximum Gasteiger partial charge on any atom is 0.303 e. The molecule has 0 heterocycles. The van der Waals surface area contributed by atoms with Crippen molar-refractivity contribution in [1.82, 2.24) is 0 Å². The van der Waals surface area contributed by atoms with Gasteiger partial charge < -0.3 is 15.3 Å². The maximum atomic E-state index is 12.0. The molecule has 5 nitrogen and oxygen atoms in total. The molecule has 0 aliphatic heterocycles. The Morgan fingerprint density at radius 3 is 2.72 bits per heavy atom. The molecule has 25 heavy (non-hydrogen) atoms. The van der Waals surface area contributed by atoms with Gasteiger partial charge >= 0.3 is 5.97 Å². The van der Waals surface area contributed by atoms with Crippen molar-refractivity contribution in [2.24, 2.45) is 11.8 Å². The first-order valence-electron chi connectivity index (χ1n) is 9.39. The van der Waals surface area contributed by atoms with Gasteiger partial charge in [0.2, 0.25) is 0 Å². The average Bonchev–Trinajstić information content (AvgIpc) is 2.82. The lowest BCUT2D eigenvalue weighted by molar-refractivity contribution is -0.137. The fraction of sp³-hybridized carbons (Fsp3) is 0.700. The summed E-state index contributed by atoms with van der Waals surface area (Å²) in [7, 11) is 0. The monoisotopic (exact) mass is 352 g/mol. The van der Waals surface area contributed by atoms with Gasteiger partial charge in [-0.3, -0.25) is 9.59 Å². The molecular formula is C20H32O5. The van der Waals surface area contributed by atoms with Gasteiger partial charge in [0.15, 0.2) is 0 Å². The molecule has 0 spiro atoms. The molecule has 0 aromatic carbocycles. The van der Waals surface area contributed by atoms with Crippen LogP contribution in [0.1, 0.15) is 64.7 Å². The Labute approximate surface area is 150 Å². The highest BCUT2D eigenvalue weighted by Crippen LogP contribution is 2.34. The summed E-state index contributed by atoms with van der Waals surface area (Å²) in [5.74, 6) is -1.58. The molecule has 1 saturated carbocycles. The van der Waals surface area contributed by atoms with Crippen molar-refractivity contribution in [2.45, 2.75) is 76.9 Å². The smallest absolute Gasteiger partial charge is 0.303 e. The van der Waals surface area contributed by atoms with Gasteiger partial charge in [-0.1, -0.05) is 44.1 Å². The lowest BCUT2D eigenvalue weighted by Crippen LogP contribution is -2.20. The van der Waals surface area contributed by atoms with Gasteiger partial charge in [0.05, 0.1) is 12.2 Å². The third kappa shape index (κ3) is 8.45. The minimum atomic E-state index is -0.868. The summed E-state index contributed by atoms with van der Waals surface area (Å²) in [6, 6.07) is 0. The van der Waals surface area contributed by atoms with E-state index in [4.69, 9.17) is 5.11 Å². The number of hydrogen-bond acceptors (Lipinski definition) is 4. The molecule has 1 rings (SSSR count). The number of aliphatic carboxylic acids is 1. The molecule has 0 aromatic heterocycles. The maximum absolute atomic E-state index is 12.0. The Bertz CT molecular complexity index is 469. The summed E-state index contributed by atoms with van der Waals surface area (Å²) in [5.41, 5.74) is 0. The topological polar surface area (TPSA) is 94.8 Å². The Kier molecular flexibility index (Phi) is 10.3. The minimum absolute atomic E-state index is 0.0358. The van der Waals surface area contributed by atoms with Crippen molar-refractivity contribution in [3.8, 4) is 0 Å². The quantitative estimate of drug-likeness (QED) is 0.370. The molecule has 5 heteroatoms. The summed E-state index contributed by atoms with van der Waals surface area (Å²) < 4.78 is 0. The molecule has 0 bridgehead atoms. The number of ketones is 1. The van der Waals surface area contributed by atoms with Crippen molar-refractivity contribution < 1.29 is 24.9 Å². The van der Waals surface area contributed by atoms with E-state index in [-0.39, 0.29) is 24.5 Å². The molecule has 1 aliphatic rings. The fourth-order valence-electron chi connectivity index (χ4n) is 3.27. The van der Waals surface area contributed by atoms with Crippen molar-refractivity contribution in [3.05, 3.63) is 24.3 Å². The van der Waals surface area contributed by atoms with Gasteiger partial charge in [0, 0.05) is 18.8 Å². The van der Waals surface area contributed by atoms with Gasteiger partial charge in [-0.15, -0.1) is 0 Å². The largest absolute Gasteiger partial charge is 0.481 e. The van der Waals surface area contributed by atoms with Crippen LogP contribution in [0.2, 0.25) is 0 Å². The number of unbranched alkanes of at least 4 members (excludes halogenated alkanes) is 3. The zero-order valence-electron chi connectivity index (χ0n) is 15.1. The number of carboxylic acids is 1. The van der Waals surface area contributed by atoms with E-state index >= 15 is 0 Å². The number of hydrogen-bond donors (Lipinski definition) is 3. The van der Waals surface area contributed by atoms with E-state index in [1.54, 1.807) is 12.2 Å². The average molecular weight is 352 g/mol. The Hall–Kier alpha value is -1.46. The number of allylic oxidation sites excluding steroid dienone is 2. The molecule has 0 aromatic rings. The predicted molar refractivity (Wildman–Crippen MR) is 97.1 cm³/mol. The first-order chi connectivity index (χ1) is 12.0. The molecule has 1 aliphatic carbocycles. The van der Waals surface area contributed by atoms with Gasteiger partial charge in [0.25, 0.3) is 0 Å². The van der Waals surface area contributed by atoms with Gasteiger partial charge in [-0.25, -0.2) is 0 Å². The molecule has 3 N–H and O–H groups in total. The van der Waals surface area contributed by atoms with E-state index in [2.05, 4.69) is 13.0 Å². The van der Waals surface area contributed by atoms with E-state index in [1.807, 2.05) is 6.08 Å². The van der Waals surface area contributed by atoms with Crippen LogP contribution in [0.3, 0.4) is 0 Å². The first-order valence-corrected chi connectivity index (χ1v) is 9.39. The molecule has 142 valence electrons. The first kappa shape index (κ1) is 21.6. The van der Waals surface area contributed by atoms with Crippen LogP contribution in [0.25, 0.3) is 0 Å². The highest BCUT2D eigenvalue weighted by Gasteiger charge is 2.39. The molecular weight excluding hydrogens is 320 g/mol. The van der Waals surface area contributed by atoms with Crippen LogP contribution in [0.15, 0.2) is 24.3 Å². The fourth-order valence-corrected chi connectivity index (χ4v) is 3.27. The normalized spacial score (nSPS) is 25.2. The van der Waals surface area contributed by atoms with E-state index in [0.29, 0.717) is 19.3 Å². The zero-order valence-corrected chi connectivity index (χ0v) is 15.1. The van der Waals surface area contributed by atoms with E-state index in [9.17, 15) is 19.8 Å². The lowest BCUT2D eigenvalue weighted by Gasteiger charge is -2.18. The zero-order chi connectivity index (χ0) is 18.7. The number of aliphatic hydroxyl groups excluding tert-OH is 2. The van der Waals surface area contributed by atoms with E-state index in [0.717, 1.165) is 12.8 Å². The van der Waals surface area contributed by atoms with Gasteiger partial charge in [0.1, 0.15) is 5.78 Å². The van der Waals surface area contributed by atoms with Crippen LogP contribution in [-0.4, -0.2) is 39.3 Å². The minimum Gasteiger partial charge on any atom is -0.481 e. The van der Waals surface area contributed by atoms with Crippen LogP contribution in [0, 0.1) is 11.8 Å². The number of Topliss-reactive ketones (excluding diaryl/α,β-unsaturated/α-hetero) is 1. The second kappa shape index (κ2) is 12.0. The summed E-state index contributed by atoms with van der Waals surface area (Å²) in [4.78, 5) is 22.7. The number of carbonyl (C=O) groups is 2. The number of carbonyl (C=O) groups excluding carboxylic acids is 1. The molecule has 1 fully saturated rings. The third-order valence-electron chi connectivity index (χ3n) is 4.72. The van der Waals surface area contributed by atoms with Crippen LogP contribution in [-0.2, 0) is 9.59 Å².